The van der Waals surface area contributed by atoms with Gasteiger partial charge in [-0.3, -0.25) is 0 Å². The van der Waals surface area contributed by atoms with E-state index < -0.39 is 5.54 Å². The molecule has 1 aromatic carbocycles. The minimum absolute atomic E-state index is 0.269. The van der Waals surface area contributed by atoms with E-state index in [-0.39, 0.29) is 6.04 Å². The minimum Gasteiger partial charge on any atom is -0.496 e. The number of pyridine rings is 1. The average molecular weight is 564 g/mol. The smallest absolute Gasteiger partial charge is 0.224 e. The Hall–Kier alpha value is -3.60. The van der Waals surface area contributed by atoms with Crippen molar-refractivity contribution in [3.8, 4) is 22.8 Å². The Bertz CT molecular complexity index is 1500. The predicted octanol–water partition coefficient (Wildman–Crippen LogP) is 4.51. The Balaban J connectivity index is 1.16. The number of fused-ring (bicyclic) bond motifs is 1. The molecule has 1 saturated carbocycles. The molecule has 0 spiro atoms. The van der Waals surface area contributed by atoms with Crippen LogP contribution in [0.1, 0.15) is 31.2 Å². The Morgan fingerprint density at radius 1 is 1.05 bits per heavy atom. The molecule has 11 heteroatoms. The van der Waals surface area contributed by atoms with Gasteiger partial charge in [0.15, 0.2) is 0 Å². The third-order valence-electron chi connectivity index (χ3n) is 7.97. The third-order valence-corrected chi connectivity index (χ3v) is 8.27. The molecule has 2 aliphatic rings. The summed E-state index contributed by atoms with van der Waals surface area (Å²) in [4.78, 5) is 16.3. The minimum atomic E-state index is -0.427. The van der Waals surface area contributed by atoms with E-state index in [2.05, 4.69) is 27.3 Å². The number of morpholine rings is 1. The fourth-order valence-corrected chi connectivity index (χ4v) is 5.86. The van der Waals surface area contributed by atoms with E-state index in [1.807, 2.05) is 35.1 Å². The highest BCUT2D eigenvalue weighted by molar-refractivity contribution is 6.32. The first-order chi connectivity index (χ1) is 19.5. The lowest BCUT2D eigenvalue weighted by Crippen LogP contribution is -2.43. The molecule has 3 N–H and O–H groups in total. The molecular formula is C29H34ClN7O3. The monoisotopic (exact) mass is 563 g/mol. The predicted molar refractivity (Wildman–Crippen MR) is 156 cm³/mol. The molecule has 210 valence electrons. The first-order valence-electron chi connectivity index (χ1n) is 13.6. The molecule has 1 aliphatic heterocycles. The van der Waals surface area contributed by atoms with Crippen LogP contribution in [0.5, 0.6) is 11.5 Å². The number of hydrogen-bond acceptors (Lipinski definition) is 9. The summed E-state index contributed by atoms with van der Waals surface area (Å²) in [5, 5.41) is 4.04. The number of imidazole rings is 1. The number of aromatic nitrogens is 4. The van der Waals surface area contributed by atoms with Crippen molar-refractivity contribution < 1.29 is 14.2 Å². The summed E-state index contributed by atoms with van der Waals surface area (Å²) in [6, 6.07) is 10.0. The highest BCUT2D eigenvalue weighted by Gasteiger charge is 2.34. The number of hydrogen-bond donors (Lipinski definition) is 2. The van der Waals surface area contributed by atoms with Gasteiger partial charge in [-0.2, -0.15) is 4.98 Å². The molecule has 4 heterocycles. The highest BCUT2D eigenvalue weighted by Crippen LogP contribution is 2.39. The second-order valence-electron chi connectivity index (χ2n) is 10.4. The van der Waals surface area contributed by atoms with Gasteiger partial charge in [0, 0.05) is 54.9 Å². The summed E-state index contributed by atoms with van der Waals surface area (Å²) in [7, 11) is 3.20. The van der Waals surface area contributed by atoms with Crippen molar-refractivity contribution >= 4 is 29.0 Å². The van der Waals surface area contributed by atoms with Gasteiger partial charge < -0.3 is 34.6 Å². The van der Waals surface area contributed by atoms with Crippen LogP contribution in [0.2, 0.25) is 5.02 Å². The van der Waals surface area contributed by atoms with Gasteiger partial charge in [-0.1, -0.05) is 11.6 Å². The highest BCUT2D eigenvalue weighted by atomic mass is 35.5. The Morgan fingerprint density at radius 2 is 1.82 bits per heavy atom. The number of anilines is 2. The van der Waals surface area contributed by atoms with Crippen molar-refractivity contribution in [2.75, 3.05) is 50.7 Å². The van der Waals surface area contributed by atoms with Crippen molar-refractivity contribution in [2.45, 2.75) is 37.3 Å². The zero-order chi connectivity index (χ0) is 27.7. The molecule has 10 nitrogen and oxygen atoms in total. The number of halogens is 1. The number of nitrogens with two attached hydrogens (primary N) is 1. The van der Waals surface area contributed by atoms with Gasteiger partial charge in [0.25, 0.3) is 0 Å². The largest absolute Gasteiger partial charge is 0.496 e. The maximum Gasteiger partial charge on any atom is 0.224 e. The first-order valence-corrected chi connectivity index (χ1v) is 14.0. The topological polar surface area (TPSA) is 112 Å². The summed E-state index contributed by atoms with van der Waals surface area (Å²) in [5.74, 6) is 2.80. The zero-order valence-electron chi connectivity index (χ0n) is 22.8. The molecule has 4 aromatic rings. The number of rotatable bonds is 7. The maximum atomic E-state index is 7.00. The molecule has 2 fully saturated rings. The van der Waals surface area contributed by atoms with Crippen LogP contribution in [0.15, 0.2) is 48.9 Å². The van der Waals surface area contributed by atoms with Gasteiger partial charge in [-0.05, 0) is 55.5 Å². The molecule has 0 atom stereocenters. The lowest BCUT2D eigenvalue weighted by Gasteiger charge is -2.38. The molecule has 1 saturated heterocycles. The summed E-state index contributed by atoms with van der Waals surface area (Å²) in [5.41, 5.74) is 10.0. The molecule has 0 radical (unpaired) electrons. The normalized spacial score (nSPS) is 21.4. The van der Waals surface area contributed by atoms with Crippen LogP contribution in [0, 0.1) is 0 Å². The quantitative estimate of drug-likeness (QED) is 0.335. The number of nitrogens with one attached hydrogen (secondary N) is 1. The number of nitrogens with zero attached hydrogens (tertiary/aromatic N) is 5. The van der Waals surface area contributed by atoms with Gasteiger partial charge in [0.1, 0.15) is 23.0 Å². The summed E-state index contributed by atoms with van der Waals surface area (Å²) in [6.07, 6.45) is 9.35. The zero-order valence-corrected chi connectivity index (χ0v) is 23.5. The lowest BCUT2D eigenvalue weighted by molar-refractivity contribution is 0.122. The Morgan fingerprint density at radius 3 is 2.58 bits per heavy atom. The van der Waals surface area contributed by atoms with E-state index in [4.69, 9.17) is 41.5 Å². The third kappa shape index (κ3) is 5.26. The van der Waals surface area contributed by atoms with Crippen molar-refractivity contribution in [3.05, 3.63) is 59.5 Å². The second kappa shape index (κ2) is 11.1. The van der Waals surface area contributed by atoms with Crippen LogP contribution >= 0.6 is 11.6 Å². The van der Waals surface area contributed by atoms with Crippen LogP contribution in [0.25, 0.3) is 16.9 Å². The van der Waals surface area contributed by atoms with Crippen LogP contribution in [-0.4, -0.2) is 65.9 Å². The molecule has 1 aliphatic carbocycles. The summed E-state index contributed by atoms with van der Waals surface area (Å²) in [6.45, 7) is 3.15. The fourth-order valence-electron chi connectivity index (χ4n) is 5.62. The Labute approximate surface area is 238 Å². The second-order valence-corrected chi connectivity index (χ2v) is 10.8. The molecule has 0 unspecified atom stereocenters. The molecule has 3 aromatic heterocycles. The van der Waals surface area contributed by atoms with E-state index >= 15 is 0 Å². The molecule has 0 bridgehead atoms. The van der Waals surface area contributed by atoms with Gasteiger partial charge in [-0.15, -0.1) is 0 Å². The van der Waals surface area contributed by atoms with Crippen molar-refractivity contribution in [3.63, 3.8) is 0 Å². The van der Waals surface area contributed by atoms with E-state index in [0.29, 0.717) is 22.5 Å². The van der Waals surface area contributed by atoms with E-state index in [1.54, 1.807) is 20.3 Å². The standard InChI is InChI=1S/C29H34ClN7O3/c1-38-24-17-25(39-2)22(30)16-21(24)23-18-37-10-6-19(15-27(37)34-23)29(31)7-3-20(4-8-29)33-28-32-9-5-26(35-28)36-11-13-40-14-12-36/h5-6,9-10,15-18,20H,3-4,7-8,11-14,31H2,1-2H3,(H,32,33,35). The molecule has 40 heavy (non-hydrogen) atoms. The van der Waals surface area contributed by atoms with E-state index in [9.17, 15) is 0 Å². The average Bonchev–Trinajstić information content (AvgIpc) is 3.42. The SMILES string of the molecule is COc1cc(OC)c(-c2cn3ccc(C4(N)CCC(Nc5nccc(N6CCOCC6)n5)CC4)cc3n2)cc1Cl. The van der Waals surface area contributed by atoms with Crippen LogP contribution in [0.3, 0.4) is 0 Å². The maximum absolute atomic E-state index is 7.00. The molecule has 6 rings (SSSR count). The van der Waals surface area contributed by atoms with Crippen LogP contribution < -0.4 is 25.4 Å². The molecule has 0 amide bonds. The van der Waals surface area contributed by atoms with E-state index in [0.717, 1.165) is 80.3 Å². The van der Waals surface area contributed by atoms with Crippen molar-refractivity contribution in [1.29, 1.82) is 0 Å². The summed E-state index contributed by atoms with van der Waals surface area (Å²) < 4.78 is 18.4. The summed E-state index contributed by atoms with van der Waals surface area (Å²) >= 11 is 6.41. The van der Waals surface area contributed by atoms with Crippen molar-refractivity contribution in [2.24, 2.45) is 5.73 Å². The van der Waals surface area contributed by atoms with E-state index in [1.165, 1.54) is 0 Å². The Kier molecular flexibility index (Phi) is 7.39. The van der Waals surface area contributed by atoms with Crippen molar-refractivity contribution in [1.82, 2.24) is 19.4 Å². The van der Waals surface area contributed by atoms with Gasteiger partial charge in [-0.25, -0.2) is 9.97 Å². The van der Waals surface area contributed by atoms with Crippen LogP contribution in [0.4, 0.5) is 11.8 Å². The lowest BCUT2D eigenvalue weighted by atomic mass is 9.76. The van der Waals surface area contributed by atoms with Gasteiger partial charge >= 0.3 is 0 Å². The van der Waals surface area contributed by atoms with Crippen LogP contribution in [-0.2, 0) is 10.3 Å². The number of methoxy groups -OCH3 is 2. The number of benzene rings is 1. The molecular weight excluding hydrogens is 530 g/mol. The number of ether oxygens (including phenoxy) is 3. The fraction of sp³-hybridized carbons (Fsp3) is 0.414. The van der Waals surface area contributed by atoms with Gasteiger partial charge in [0.2, 0.25) is 5.95 Å². The first kappa shape index (κ1) is 26.6. The van der Waals surface area contributed by atoms with Gasteiger partial charge in [0.05, 0.1) is 38.1 Å².